The molecule has 0 saturated heterocycles. The highest BCUT2D eigenvalue weighted by atomic mass is 35.5. The summed E-state index contributed by atoms with van der Waals surface area (Å²) in [6, 6.07) is 6.24. The van der Waals surface area contributed by atoms with Crippen molar-refractivity contribution >= 4 is 22.5 Å². The van der Waals surface area contributed by atoms with Gasteiger partial charge in [0, 0.05) is 12.4 Å². The van der Waals surface area contributed by atoms with E-state index in [-0.39, 0.29) is 0 Å². The molecule has 0 saturated carbocycles. The number of aryl methyl sites for hydroxylation is 2. The molecule has 0 atom stereocenters. The minimum Gasteiger partial charge on any atom is -0.330 e. The second kappa shape index (κ2) is 4.21. The van der Waals surface area contributed by atoms with Crippen molar-refractivity contribution in [3.63, 3.8) is 0 Å². The Morgan fingerprint density at radius 3 is 3.00 bits per heavy atom. The Morgan fingerprint density at radius 1 is 1.47 bits per heavy atom. The lowest BCUT2D eigenvalue weighted by Gasteiger charge is -2.00. The van der Waals surface area contributed by atoms with Gasteiger partial charge < -0.3 is 5.73 Å². The fourth-order valence-corrected chi connectivity index (χ4v) is 1.99. The molecule has 15 heavy (non-hydrogen) atoms. The summed E-state index contributed by atoms with van der Waals surface area (Å²) >= 11 is 5.98. The number of halogens is 1. The molecule has 0 aliphatic carbocycles. The van der Waals surface area contributed by atoms with Gasteiger partial charge in [0.05, 0.1) is 5.52 Å². The molecule has 0 radical (unpaired) electrons. The molecule has 80 valence electrons. The monoisotopic (exact) mass is 223 g/mol. The Kier molecular flexibility index (Phi) is 2.93. The van der Waals surface area contributed by atoms with E-state index in [0.29, 0.717) is 5.15 Å². The Bertz CT molecular complexity index is 476. The normalized spacial score (nSPS) is 11.1. The summed E-state index contributed by atoms with van der Waals surface area (Å²) in [6.45, 7) is 0.726. The molecule has 2 aromatic rings. The third-order valence-corrected chi connectivity index (χ3v) is 2.82. The first-order chi connectivity index (χ1) is 7.22. The van der Waals surface area contributed by atoms with Crippen molar-refractivity contribution in [2.75, 3.05) is 6.54 Å². The van der Waals surface area contributed by atoms with Crippen LogP contribution >= 0.6 is 11.6 Å². The van der Waals surface area contributed by atoms with Gasteiger partial charge in [0.15, 0.2) is 5.15 Å². The van der Waals surface area contributed by atoms with Gasteiger partial charge in [-0.2, -0.15) is 5.10 Å². The molecule has 2 N–H and O–H groups in total. The first-order valence-corrected chi connectivity index (χ1v) is 5.41. The fraction of sp³-hybridized carbons (Fsp3) is 0.364. The van der Waals surface area contributed by atoms with Crippen LogP contribution in [0.3, 0.4) is 0 Å². The topological polar surface area (TPSA) is 43.8 Å². The third-order valence-electron chi connectivity index (χ3n) is 2.54. The maximum absolute atomic E-state index is 5.98. The predicted octanol–water partition coefficient (Wildman–Crippen LogP) is 2.12. The second-order valence-corrected chi connectivity index (χ2v) is 4.02. The van der Waals surface area contributed by atoms with E-state index in [4.69, 9.17) is 17.3 Å². The molecule has 1 heterocycles. The van der Waals surface area contributed by atoms with Crippen molar-refractivity contribution in [2.45, 2.75) is 12.8 Å². The van der Waals surface area contributed by atoms with E-state index in [9.17, 15) is 0 Å². The van der Waals surface area contributed by atoms with Crippen LogP contribution in [0.2, 0.25) is 5.15 Å². The Balaban J connectivity index is 2.41. The highest BCUT2D eigenvalue weighted by molar-refractivity contribution is 6.34. The van der Waals surface area contributed by atoms with Gasteiger partial charge in [-0.25, -0.2) is 0 Å². The standard InChI is InChI=1S/C11H14ClN3/c1-15-10-7-8(3-2-6-13)4-5-9(10)11(12)14-15/h4-5,7H,2-3,6,13H2,1H3. The van der Waals surface area contributed by atoms with Crippen molar-refractivity contribution in [1.82, 2.24) is 9.78 Å². The summed E-state index contributed by atoms with van der Waals surface area (Å²) in [4.78, 5) is 0. The Morgan fingerprint density at radius 2 is 2.27 bits per heavy atom. The van der Waals surface area contributed by atoms with E-state index in [1.807, 2.05) is 17.8 Å². The molecule has 3 nitrogen and oxygen atoms in total. The molecule has 0 aliphatic rings. The highest BCUT2D eigenvalue weighted by Crippen LogP contribution is 2.23. The van der Waals surface area contributed by atoms with Crippen molar-refractivity contribution in [2.24, 2.45) is 12.8 Å². The summed E-state index contributed by atoms with van der Waals surface area (Å²) < 4.78 is 1.81. The molecular formula is C11H14ClN3. The van der Waals surface area contributed by atoms with Crippen LogP contribution in [-0.4, -0.2) is 16.3 Å². The molecule has 1 aromatic carbocycles. The van der Waals surface area contributed by atoms with Crippen LogP contribution in [0, 0.1) is 0 Å². The number of hydrogen-bond acceptors (Lipinski definition) is 2. The summed E-state index contributed by atoms with van der Waals surface area (Å²) in [5.41, 5.74) is 7.85. The highest BCUT2D eigenvalue weighted by Gasteiger charge is 2.06. The average Bonchev–Trinajstić information content (AvgIpc) is 2.52. The van der Waals surface area contributed by atoms with Crippen LogP contribution in [-0.2, 0) is 13.5 Å². The van der Waals surface area contributed by atoms with Crippen molar-refractivity contribution < 1.29 is 0 Å². The second-order valence-electron chi connectivity index (χ2n) is 3.66. The lowest BCUT2D eigenvalue weighted by Crippen LogP contribution is -2.00. The number of fused-ring (bicyclic) bond motifs is 1. The number of hydrogen-bond donors (Lipinski definition) is 1. The van der Waals surface area contributed by atoms with Gasteiger partial charge in [0.2, 0.25) is 0 Å². The molecule has 1 aromatic heterocycles. The van der Waals surface area contributed by atoms with Crippen molar-refractivity contribution in [1.29, 1.82) is 0 Å². The predicted molar refractivity (Wildman–Crippen MR) is 63.1 cm³/mol. The summed E-state index contributed by atoms with van der Waals surface area (Å²) in [7, 11) is 1.90. The molecule has 2 rings (SSSR count). The maximum Gasteiger partial charge on any atom is 0.158 e. The number of benzene rings is 1. The van der Waals surface area contributed by atoms with Gasteiger partial charge in [-0.3, -0.25) is 4.68 Å². The molecular weight excluding hydrogens is 210 g/mol. The van der Waals surface area contributed by atoms with Crippen LogP contribution in [0.25, 0.3) is 10.9 Å². The molecule has 0 unspecified atom stereocenters. The minimum atomic E-state index is 0.567. The number of nitrogens with two attached hydrogens (primary N) is 1. The lowest BCUT2D eigenvalue weighted by atomic mass is 10.1. The van der Waals surface area contributed by atoms with Crippen LogP contribution < -0.4 is 5.73 Å². The Hall–Kier alpha value is -1.06. The quantitative estimate of drug-likeness (QED) is 0.866. The zero-order chi connectivity index (χ0) is 10.8. The zero-order valence-corrected chi connectivity index (χ0v) is 9.46. The van der Waals surface area contributed by atoms with Gasteiger partial charge in [-0.1, -0.05) is 17.7 Å². The average molecular weight is 224 g/mol. The zero-order valence-electron chi connectivity index (χ0n) is 8.70. The SMILES string of the molecule is Cn1nc(Cl)c2ccc(CCCN)cc21. The molecule has 0 spiro atoms. The lowest BCUT2D eigenvalue weighted by molar-refractivity contribution is 0.794. The van der Waals surface area contributed by atoms with Crippen LogP contribution in [0.4, 0.5) is 0 Å². The molecule has 0 aliphatic heterocycles. The summed E-state index contributed by atoms with van der Waals surface area (Å²) in [5.74, 6) is 0. The van der Waals surface area contributed by atoms with Gasteiger partial charge in [0.1, 0.15) is 0 Å². The molecule has 0 fully saturated rings. The van der Waals surface area contributed by atoms with E-state index < -0.39 is 0 Å². The van der Waals surface area contributed by atoms with E-state index in [1.54, 1.807) is 0 Å². The molecule has 0 bridgehead atoms. The van der Waals surface area contributed by atoms with Crippen molar-refractivity contribution in [3.05, 3.63) is 28.9 Å². The van der Waals surface area contributed by atoms with E-state index >= 15 is 0 Å². The summed E-state index contributed by atoms with van der Waals surface area (Å²) in [6.07, 6.45) is 2.02. The third kappa shape index (κ3) is 1.98. The van der Waals surface area contributed by atoms with Gasteiger partial charge in [-0.05, 0) is 37.1 Å². The first kappa shape index (κ1) is 10.5. The van der Waals surface area contributed by atoms with Crippen LogP contribution in [0.1, 0.15) is 12.0 Å². The molecule has 0 amide bonds. The number of rotatable bonds is 3. The van der Waals surface area contributed by atoms with Crippen LogP contribution in [0.5, 0.6) is 0 Å². The van der Waals surface area contributed by atoms with Crippen molar-refractivity contribution in [3.8, 4) is 0 Å². The smallest absolute Gasteiger partial charge is 0.158 e. The largest absolute Gasteiger partial charge is 0.330 e. The van der Waals surface area contributed by atoms with E-state index in [0.717, 1.165) is 30.3 Å². The summed E-state index contributed by atoms with van der Waals surface area (Å²) in [5, 5.41) is 5.75. The van der Waals surface area contributed by atoms with E-state index in [2.05, 4.69) is 17.2 Å². The van der Waals surface area contributed by atoms with Crippen LogP contribution in [0.15, 0.2) is 18.2 Å². The number of aromatic nitrogens is 2. The molecule has 4 heteroatoms. The minimum absolute atomic E-state index is 0.567. The van der Waals surface area contributed by atoms with Gasteiger partial charge in [0.25, 0.3) is 0 Å². The maximum atomic E-state index is 5.98. The Labute approximate surface area is 93.8 Å². The van der Waals surface area contributed by atoms with Gasteiger partial charge >= 0.3 is 0 Å². The fourth-order valence-electron chi connectivity index (χ4n) is 1.72. The number of nitrogens with zero attached hydrogens (tertiary/aromatic N) is 2. The van der Waals surface area contributed by atoms with E-state index in [1.165, 1.54) is 5.56 Å². The van der Waals surface area contributed by atoms with Gasteiger partial charge in [-0.15, -0.1) is 0 Å². The first-order valence-electron chi connectivity index (χ1n) is 5.03.